The molecule has 80 valence electrons. The van der Waals surface area contributed by atoms with Crippen LogP contribution in [-0.4, -0.2) is 4.98 Å². The van der Waals surface area contributed by atoms with Crippen LogP contribution in [0.3, 0.4) is 0 Å². The molecule has 0 aliphatic heterocycles. The standard InChI is InChI=1S/C12H7F2NS/c13-7-12-15-11(8-16-12)5-4-9-2-1-3-10(14)6-9/h1-3,6,8H,7H2. The number of nitrogens with zero attached hydrogens (tertiary/aromatic N) is 1. The Hall–Kier alpha value is -1.73. The van der Waals surface area contributed by atoms with Gasteiger partial charge in [-0.05, 0) is 24.1 Å². The van der Waals surface area contributed by atoms with E-state index in [-0.39, 0.29) is 5.82 Å². The van der Waals surface area contributed by atoms with Crippen molar-refractivity contribution in [3.8, 4) is 11.8 Å². The van der Waals surface area contributed by atoms with Gasteiger partial charge < -0.3 is 0 Å². The number of aromatic nitrogens is 1. The second-order valence-corrected chi connectivity index (χ2v) is 3.96. The third-order valence-corrected chi connectivity index (χ3v) is 2.64. The lowest BCUT2D eigenvalue weighted by Crippen LogP contribution is -1.79. The highest BCUT2D eigenvalue weighted by molar-refractivity contribution is 7.09. The summed E-state index contributed by atoms with van der Waals surface area (Å²) in [6.07, 6.45) is 0. The summed E-state index contributed by atoms with van der Waals surface area (Å²) in [6.45, 7) is -0.577. The van der Waals surface area contributed by atoms with Crippen molar-refractivity contribution in [3.63, 3.8) is 0 Å². The second-order valence-electron chi connectivity index (χ2n) is 3.02. The largest absolute Gasteiger partial charge is 0.243 e. The van der Waals surface area contributed by atoms with E-state index < -0.39 is 6.67 Å². The fraction of sp³-hybridized carbons (Fsp3) is 0.0833. The number of alkyl halides is 1. The number of hydrogen-bond donors (Lipinski definition) is 0. The van der Waals surface area contributed by atoms with E-state index in [0.29, 0.717) is 16.3 Å². The quantitative estimate of drug-likeness (QED) is 0.692. The Kier molecular flexibility index (Phi) is 3.28. The average Bonchev–Trinajstić information content (AvgIpc) is 2.74. The topological polar surface area (TPSA) is 12.9 Å². The van der Waals surface area contributed by atoms with Crippen molar-refractivity contribution in [3.05, 3.63) is 51.7 Å². The van der Waals surface area contributed by atoms with Crippen LogP contribution >= 0.6 is 11.3 Å². The van der Waals surface area contributed by atoms with E-state index in [0.717, 1.165) is 0 Å². The zero-order valence-electron chi connectivity index (χ0n) is 8.21. The molecule has 16 heavy (non-hydrogen) atoms. The highest BCUT2D eigenvalue weighted by Gasteiger charge is 1.97. The van der Waals surface area contributed by atoms with Gasteiger partial charge in [0.2, 0.25) is 0 Å². The van der Waals surface area contributed by atoms with Crippen LogP contribution in [0.4, 0.5) is 8.78 Å². The molecule has 0 amide bonds. The van der Waals surface area contributed by atoms with Gasteiger partial charge in [-0.15, -0.1) is 11.3 Å². The maximum Gasteiger partial charge on any atom is 0.141 e. The molecule has 2 rings (SSSR count). The first-order chi connectivity index (χ1) is 7.78. The van der Waals surface area contributed by atoms with E-state index in [4.69, 9.17) is 0 Å². The van der Waals surface area contributed by atoms with Gasteiger partial charge in [0.25, 0.3) is 0 Å². The van der Waals surface area contributed by atoms with Crippen molar-refractivity contribution in [1.29, 1.82) is 0 Å². The SMILES string of the molecule is FCc1nc(C#Cc2cccc(F)c2)cs1. The molecule has 0 saturated carbocycles. The molecule has 0 radical (unpaired) electrons. The summed E-state index contributed by atoms with van der Waals surface area (Å²) in [6, 6.07) is 6.00. The van der Waals surface area contributed by atoms with Crippen LogP contribution in [0.25, 0.3) is 0 Å². The van der Waals surface area contributed by atoms with E-state index in [1.165, 1.54) is 23.5 Å². The van der Waals surface area contributed by atoms with Gasteiger partial charge in [-0.2, -0.15) is 0 Å². The van der Waals surface area contributed by atoms with Crippen LogP contribution in [0.15, 0.2) is 29.6 Å². The molecule has 4 heteroatoms. The van der Waals surface area contributed by atoms with Gasteiger partial charge in [0.15, 0.2) is 0 Å². The minimum Gasteiger partial charge on any atom is -0.243 e. The van der Waals surface area contributed by atoms with Crippen molar-refractivity contribution >= 4 is 11.3 Å². The van der Waals surface area contributed by atoms with E-state index in [1.54, 1.807) is 17.5 Å². The fourth-order valence-corrected chi connectivity index (χ4v) is 1.71. The summed E-state index contributed by atoms with van der Waals surface area (Å²) in [5, 5.41) is 2.09. The number of thiazole rings is 1. The Balaban J connectivity index is 2.21. The number of benzene rings is 1. The Morgan fingerprint density at radius 3 is 2.88 bits per heavy atom. The molecule has 0 saturated heterocycles. The second kappa shape index (κ2) is 4.86. The number of halogens is 2. The van der Waals surface area contributed by atoms with Crippen LogP contribution < -0.4 is 0 Å². The van der Waals surface area contributed by atoms with Gasteiger partial charge in [-0.25, -0.2) is 13.8 Å². The monoisotopic (exact) mass is 235 g/mol. The van der Waals surface area contributed by atoms with Gasteiger partial charge in [0.1, 0.15) is 23.2 Å². The molecule has 0 unspecified atom stereocenters. The molecule has 1 heterocycles. The molecule has 0 atom stereocenters. The molecule has 0 aliphatic rings. The molecule has 0 aliphatic carbocycles. The van der Waals surface area contributed by atoms with Crippen LogP contribution in [-0.2, 0) is 6.67 Å². The van der Waals surface area contributed by atoms with E-state index >= 15 is 0 Å². The number of rotatable bonds is 1. The summed E-state index contributed by atoms with van der Waals surface area (Å²) in [5.74, 6) is 5.21. The third-order valence-electron chi connectivity index (χ3n) is 1.83. The molecule has 0 bridgehead atoms. The summed E-state index contributed by atoms with van der Waals surface area (Å²) < 4.78 is 25.0. The lowest BCUT2D eigenvalue weighted by molar-refractivity contribution is 0.483. The highest BCUT2D eigenvalue weighted by Crippen LogP contribution is 2.10. The predicted molar refractivity (Wildman–Crippen MR) is 59.3 cm³/mol. The first kappa shape index (κ1) is 10.8. The normalized spacial score (nSPS) is 9.62. The smallest absolute Gasteiger partial charge is 0.141 e. The Labute approximate surface area is 95.8 Å². The van der Waals surface area contributed by atoms with Crippen LogP contribution in [0.1, 0.15) is 16.3 Å². The molecule has 1 aromatic heterocycles. The lowest BCUT2D eigenvalue weighted by atomic mass is 10.2. The van der Waals surface area contributed by atoms with Gasteiger partial charge in [-0.1, -0.05) is 12.0 Å². The zero-order chi connectivity index (χ0) is 11.4. The Bertz CT molecular complexity index is 551. The minimum atomic E-state index is -0.577. The van der Waals surface area contributed by atoms with Crippen LogP contribution in [0.5, 0.6) is 0 Å². The first-order valence-corrected chi connectivity index (χ1v) is 5.44. The van der Waals surface area contributed by atoms with E-state index in [1.807, 2.05) is 0 Å². The van der Waals surface area contributed by atoms with Gasteiger partial charge in [0.05, 0.1) is 0 Å². The third kappa shape index (κ3) is 2.65. The van der Waals surface area contributed by atoms with Crippen molar-refractivity contribution in [2.45, 2.75) is 6.67 Å². The van der Waals surface area contributed by atoms with Crippen molar-refractivity contribution in [2.75, 3.05) is 0 Å². The highest BCUT2D eigenvalue weighted by atomic mass is 32.1. The fourth-order valence-electron chi connectivity index (χ4n) is 1.13. The first-order valence-electron chi connectivity index (χ1n) is 4.56. The molecular formula is C12H7F2NS. The van der Waals surface area contributed by atoms with Gasteiger partial charge >= 0.3 is 0 Å². The maximum absolute atomic E-state index is 12.8. The summed E-state index contributed by atoms with van der Waals surface area (Å²) in [7, 11) is 0. The van der Waals surface area contributed by atoms with E-state index in [9.17, 15) is 8.78 Å². The molecule has 0 spiro atoms. The molecule has 1 aromatic carbocycles. The molecule has 1 nitrogen and oxygen atoms in total. The minimum absolute atomic E-state index is 0.325. The number of hydrogen-bond acceptors (Lipinski definition) is 2. The Morgan fingerprint density at radius 2 is 2.19 bits per heavy atom. The average molecular weight is 235 g/mol. The predicted octanol–water partition coefficient (Wildman–Crippen LogP) is 3.15. The van der Waals surface area contributed by atoms with Crippen LogP contribution in [0.2, 0.25) is 0 Å². The summed E-state index contributed by atoms with van der Waals surface area (Å²) >= 11 is 1.23. The molecule has 0 fully saturated rings. The Morgan fingerprint density at radius 1 is 1.31 bits per heavy atom. The summed E-state index contributed by atoms with van der Waals surface area (Å²) in [4.78, 5) is 3.94. The van der Waals surface area contributed by atoms with Crippen molar-refractivity contribution < 1.29 is 8.78 Å². The van der Waals surface area contributed by atoms with Gasteiger partial charge in [-0.3, -0.25) is 0 Å². The maximum atomic E-state index is 12.8. The van der Waals surface area contributed by atoms with Gasteiger partial charge in [0, 0.05) is 10.9 Å². The molecule has 0 N–H and O–H groups in total. The lowest BCUT2D eigenvalue weighted by Gasteiger charge is -1.88. The molecule has 2 aromatic rings. The molecular weight excluding hydrogens is 228 g/mol. The zero-order valence-corrected chi connectivity index (χ0v) is 9.02. The van der Waals surface area contributed by atoms with E-state index in [2.05, 4.69) is 16.8 Å². The van der Waals surface area contributed by atoms with Crippen LogP contribution in [0, 0.1) is 17.7 Å². The van der Waals surface area contributed by atoms with Crippen molar-refractivity contribution in [1.82, 2.24) is 4.98 Å². The summed E-state index contributed by atoms with van der Waals surface area (Å²) in [5.41, 5.74) is 1.09. The van der Waals surface area contributed by atoms with Crippen molar-refractivity contribution in [2.24, 2.45) is 0 Å².